The number of rotatable bonds is 6. The van der Waals surface area contributed by atoms with Crippen LogP contribution >= 0.6 is 0 Å². The molecule has 0 aromatic rings. The first-order valence-electron chi connectivity index (χ1n) is 7.04. The van der Waals surface area contributed by atoms with Crippen LogP contribution in [0.15, 0.2) is 0 Å². The Morgan fingerprint density at radius 1 is 1.39 bits per heavy atom. The van der Waals surface area contributed by atoms with Crippen molar-refractivity contribution in [3.8, 4) is 0 Å². The lowest BCUT2D eigenvalue weighted by Crippen LogP contribution is -2.41. The van der Waals surface area contributed by atoms with Crippen LogP contribution in [0.2, 0.25) is 0 Å². The quantitative estimate of drug-likeness (QED) is 0.671. The summed E-state index contributed by atoms with van der Waals surface area (Å²) in [5.41, 5.74) is 0. The zero-order valence-electron chi connectivity index (χ0n) is 11.0. The van der Waals surface area contributed by atoms with E-state index in [1.807, 2.05) is 0 Å². The third kappa shape index (κ3) is 4.55. The van der Waals surface area contributed by atoms with Gasteiger partial charge in [0.2, 0.25) is 5.91 Å². The second kappa shape index (κ2) is 7.71. The number of amides is 1. The Kier molecular flexibility index (Phi) is 5.90. The summed E-state index contributed by atoms with van der Waals surface area (Å²) in [6.45, 7) is 4.53. The Balaban J connectivity index is 1.48. The van der Waals surface area contributed by atoms with E-state index in [-0.39, 0.29) is 17.9 Å². The monoisotopic (exact) mass is 256 g/mol. The molecule has 2 aliphatic rings. The minimum absolute atomic E-state index is 0.136. The Morgan fingerprint density at radius 3 is 3.06 bits per heavy atom. The molecule has 0 radical (unpaired) electrons. The van der Waals surface area contributed by atoms with Crippen molar-refractivity contribution in [1.29, 1.82) is 0 Å². The average molecular weight is 256 g/mol. The lowest BCUT2D eigenvalue weighted by Gasteiger charge is -2.21. The summed E-state index contributed by atoms with van der Waals surface area (Å²) >= 11 is 0. The minimum atomic E-state index is 0.136. The number of piperidine rings is 1. The van der Waals surface area contributed by atoms with E-state index in [1.165, 1.54) is 0 Å². The molecule has 0 aliphatic carbocycles. The van der Waals surface area contributed by atoms with Crippen molar-refractivity contribution in [3.05, 3.63) is 0 Å². The molecule has 2 aliphatic heterocycles. The van der Waals surface area contributed by atoms with Gasteiger partial charge in [0.15, 0.2) is 0 Å². The maximum Gasteiger partial charge on any atom is 0.224 e. The molecule has 5 nitrogen and oxygen atoms in total. The van der Waals surface area contributed by atoms with Crippen molar-refractivity contribution in [2.75, 3.05) is 39.5 Å². The van der Waals surface area contributed by atoms with Gasteiger partial charge in [-0.05, 0) is 32.2 Å². The van der Waals surface area contributed by atoms with E-state index in [4.69, 9.17) is 9.47 Å². The summed E-state index contributed by atoms with van der Waals surface area (Å²) in [5, 5.41) is 6.18. The zero-order chi connectivity index (χ0) is 12.6. The molecule has 5 heteroatoms. The van der Waals surface area contributed by atoms with E-state index in [0.717, 1.165) is 45.4 Å². The molecule has 2 fully saturated rings. The van der Waals surface area contributed by atoms with Gasteiger partial charge in [-0.3, -0.25) is 4.79 Å². The molecule has 2 saturated heterocycles. The SMILES string of the molecule is O=C(NCCOC[C@H]1CCCO1)[C@H]1CCCNC1. The predicted octanol–water partition coefficient (Wildman–Crippen LogP) is 0.298. The summed E-state index contributed by atoms with van der Waals surface area (Å²) in [7, 11) is 0. The molecule has 0 aromatic carbocycles. The summed E-state index contributed by atoms with van der Waals surface area (Å²) in [5.74, 6) is 0.292. The van der Waals surface area contributed by atoms with E-state index in [0.29, 0.717) is 19.8 Å². The lowest BCUT2D eigenvalue weighted by molar-refractivity contribution is -0.125. The molecule has 2 rings (SSSR count). The standard InChI is InChI=1S/C13H24N2O3/c16-13(11-3-1-5-14-9-11)15-6-8-17-10-12-4-2-7-18-12/h11-12,14H,1-10H2,(H,15,16)/t11-,12+/m0/s1. The van der Waals surface area contributed by atoms with Gasteiger partial charge in [-0.1, -0.05) is 0 Å². The Hall–Kier alpha value is -0.650. The third-order valence-electron chi connectivity index (χ3n) is 3.54. The Morgan fingerprint density at radius 2 is 2.33 bits per heavy atom. The first kappa shape index (κ1) is 13.8. The van der Waals surface area contributed by atoms with Crippen LogP contribution in [-0.4, -0.2) is 51.5 Å². The normalized spacial score (nSPS) is 28.2. The second-order valence-corrected chi connectivity index (χ2v) is 5.04. The molecule has 2 heterocycles. The third-order valence-corrected chi connectivity index (χ3v) is 3.54. The molecule has 1 amide bonds. The van der Waals surface area contributed by atoms with Crippen molar-refractivity contribution in [2.45, 2.75) is 31.8 Å². The van der Waals surface area contributed by atoms with Gasteiger partial charge in [0.1, 0.15) is 0 Å². The fourth-order valence-electron chi connectivity index (χ4n) is 2.46. The lowest BCUT2D eigenvalue weighted by atomic mass is 9.99. The molecular formula is C13H24N2O3. The van der Waals surface area contributed by atoms with Gasteiger partial charge in [-0.2, -0.15) is 0 Å². The van der Waals surface area contributed by atoms with Gasteiger partial charge in [0.25, 0.3) is 0 Å². The molecule has 0 aromatic heterocycles. The molecule has 18 heavy (non-hydrogen) atoms. The summed E-state index contributed by atoms with van der Waals surface area (Å²) < 4.78 is 11.0. The molecule has 0 bridgehead atoms. The summed E-state index contributed by atoms with van der Waals surface area (Å²) in [6, 6.07) is 0. The topological polar surface area (TPSA) is 59.6 Å². The predicted molar refractivity (Wildman–Crippen MR) is 68.4 cm³/mol. The largest absolute Gasteiger partial charge is 0.377 e. The van der Waals surface area contributed by atoms with Gasteiger partial charge < -0.3 is 20.1 Å². The van der Waals surface area contributed by atoms with Crippen LogP contribution < -0.4 is 10.6 Å². The first-order valence-corrected chi connectivity index (χ1v) is 7.04. The van der Waals surface area contributed by atoms with Crippen LogP contribution in [0, 0.1) is 5.92 Å². The average Bonchev–Trinajstić information content (AvgIpc) is 2.92. The molecule has 2 N–H and O–H groups in total. The fraction of sp³-hybridized carbons (Fsp3) is 0.923. The van der Waals surface area contributed by atoms with Crippen LogP contribution in [0.4, 0.5) is 0 Å². The molecule has 0 saturated carbocycles. The number of ether oxygens (including phenoxy) is 2. The van der Waals surface area contributed by atoms with E-state index >= 15 is 0 Å². The second-order valence-electron chi connectivity index (χ2n) is 5.04. The number of hydrogen-bond donors (Lipinski definition) is 2. The van der Waals surface area contributed by atoms with E-state index in [2.05, 4.69) is 10.6 Å². The molecule has 104 valence electrons. The summed E-state index contributed by atoms with van der Waals surface area (Å²) in [6.07, 6.45) is 4.59. The molecule has 0 spiro atoms. The zero-order valence-corrected chi connectivity index (χ0v) is 11.0. The van der Waals surface area contributed by atoms with E-state index in [1.54, 1.807) is 0 Å². The Labute approximate surface area is 109 Å². The molecule has 0 unspecified atom stereocenters. The summed E-state index contributed by atoms with van der Waals surface area (Å²) in [4.78, 5) is 11.8. The van der Waals surface area contributed by atoms with Crippen LogP contribution in [0.5, 0.6) is 0 Å². The van der Waals surface area contributed by atoms with E-state index in [9.17, 15) is 4.79 Å². The smallest absolute Gasteiger partial charge is 0.224 e. The van der Waals surface area contributed by atoms with Gasteiger partial charge in [0, 0.05) is 19.7 Å². The van der Waals surface area contributed by atoms with Crippen LogP contribution in [-0.2, 0) is 14.3 Å². The number of carbonyl (C=O) groups is 1. The fourth-order valence-corrected chi connectivity index (χ4v) is 2.46. The molecular weight excluding hydrogens is 232 g/mol. The van der Waals surface area contributed by atoms with Crippen molar-refractivity contribution in [1.82, 2.24) is 10.6 Å². The number of carbonyl (C=O) groups excluding carboxylic acids is 1. The van der Waals surface area contributed by atoms with Crippen LogP contribution in [0.3, 0.4) is 0 Å². The highest BCUT2D eigenvalue weighted by molar-refractivity contribution is 5.78. The highest BCUT2D eigenvalue weighted by Gasteiger charge is 2.20. The van der Waals surface area contributed by atoms with Crippen LogP contribution in [0.1, 0.15) is 25.7 Å². The Bertz CT molecular complexity index is 249. The number of hydrogen-bond acceptors (Lipinski definition) is 4. The van der Waals surface area contributed by atoms with Crippen molar-refractivity contribution >= 4 is 5.91 Å². The first-order chi connectivity index (χ1) is 8.86. The van der Waals surface area contributed by atoms with Gasteiger partial charge in [-0.25, -0.2) is 0 Å². The van der Waals surface area contributed by atoms with Crippen molar-refractivity contribution < 1.29 is 14.3 Å². The minimum Gasteiger partial charge on any atom is -0.377 e. The van der Waals surface area contributed by atoms with Gasteiger partial charge in [-0.15, -0.1) is 0 Å². The van der Waals surface area contributed by atoms with Crippen LogP contribution in [0.25, 0.3) is 0 Å². The maximum atomic E-state index is 11.8. The molecule has 2 atom stereocenters. The highest BCUT2D eigenvalue weighted by atomic mass is 16.5. The highest BCUT2D eigenvalue weighted by Crippen LogP contribution is 2.12. The van der Waals surface area contributed by atoms with Gasteiger partial charge >= 0.3 is 0 Å². The van der Waals surface area contributed by atoms with Crippen molar-refractivity contribution in [2.24, 2.45) is 5.92 Å². The van der Waals surface area contributed by atoms with Gasteiger partial charge in [0.05, 0.1) is 25.2 Å². The van der Waals surface area contributed by atoms with Crippen molar-refractivity contribution in [3.63, 3.8) is 0 Å². The number of nitrogens with one attached hydrogen (secondary N) is 2. The maximum absolute atomic E-state index is 11.8. The van der Waals surface area contributed by atoms with E-state index < -0.39 is 0 Å².